The molecule has 0 heterocycles. The molecule has 0 fully saturated rings. The molecule has 0 aliphatic heterocycles. The Morgan fingerprint density at radius 2 is 2.00 bits per heavy atom. The van der Waals surface area contributed by atoms with Gasteiger partial charge in [-0.05, 0) is 41.4 Å². The van der Waals surface area contributed by atoms with Gasteiger partial charge in [0.25, 0.3) is 0 Å². The number of rotatable bonds is 1. The molecule has 0 amide bonds. The second kappa shape index (κ2) is 3.90. The lowest BCUT2D eigenvalue weighted by atomic mass is 9.96. The molecule has 0 saturated carbocycles. The van der Waals surface area contributed by atoms with Gasteiger partial charge in [0.15, 0.2) is 0 Å². The summed E-state index contributed by atoms with van der Waals surface area (Å²) in [5, 5.41) is 9.90. The zero-order chi connectivity index (χ0) is 10.0. The third-order valence-electron chi connectivity index (χ3n) is 2.13. The Morgan fingerprint density at radius 3 is 2.38 bits per heavy atom. The average Bonchev–Trinajstić information content (AvgIpc) is 2.02. The Bertz CT molecular complexity index is 338. The summed E-state index contributed by atoms with van der Waals surface area (Å²) in [6.45, 7) is 6.40. The van der Waals surface area contributed by atoms with E-state index in [0.29, 0.717) is 5.92 Å². The molecule has 1 nitrogen and oxygen atoms in total. The van der Waals surface area contributed by atoms with E-state index in [2.05, 4.69) is 36.1 Å². The molecule has 0 radical (unpaired) electrons. The number of nitrogens with zero attached hydrogens (tertiary/aromatic N) is 1. The summed E-state index contributed by atoms with van der Waals surface area (Å²) in [6, 6.07) is 6.03. The van der Waals surface area contributed by atoms with Crippen LogP contribution in [0.2, 0.25) is 0 Å². The van der Waals surface area contributed by atoms with Crippen LogP contribution in [0.5, 0.6) is 0 Å². The first-order valence-corrected chi connectivity index (χ1v) is 4.94. The minimum Gasteiger partial charge on any atom is -0.192 e. The summed E-state index contributed by atoms with van der Waals surface area (Å²) < 4.78 is 0. The third kappa shape index (κ3) is 2.08. The van der Waals surface area contributed by atoms with Gasteiger partial charge >= 0.3 is 0 Å². The number of nitriles is 1. The fourth-order valence-electron chi connectivity index (χ4n) is 1.68. The molecule has 0 N–H and O–H groups in total. The van der Waals surface area contributed by atoms with E-state index in [4.69, 9.17) is 5.26 Å². The highest BCUT2D eigenvalue weighted by Crippen LogP contribution is 2.19. The molecule has 68 valence electrons. The van der Waals surface area contributed by atoms with Crippen LogP contribution in [0.25, 0.3) is 0 Å². The lowest BCUT2D eigenvalue weighted by Gasteiger charge is -2.13. The predicted octanol–water partition coefficient (Wildman–Crippen LogP) is 2.49. The highest BCUT2D eigenvalue weighted by Gasteiger charge is 2.08. The minimum atomic E-state index is 0.514. The van der Waals surface area contributed by atoms with Crippen LogP contribution in [0.4, 0.5) is 0 Å². The van der Waals surface area contributed by atoms with E-state index in [-0.39, 0.29) is 0 Å². The summed E-state index contributed by atoms with van der Waals surface area (Å²) in [4.78, 5) is 0. The van der Waals surface area contributed by atoms with E-state index in [9.17, 15) is 0 Å². The molecule has 0 aliphatic carbocycles. The maximum Gasteiger partial charge on any atom is 0.0991 e. The summed E-state index contributed by atoms with van der Waals surface area (Å²) in [5.41, 5.74) is 3.29. The van der Waals surface area contributed by atoms with Gasteiger partial charge in [0.1, 0.15) is 0 Å². The largest absolute Gasteiger partial charge is 0.192 e. The van der Waals surface area contributed by atoms with Gasteiger partial charge in [0.05, 0.1) is 11.6 Å². The van der Waals surface area contributed by atoms with Crippen molar-refractivity contribution in [3.8, 4) is 6.07 Å². The molecule has 0 aromatic heterocycles. The number of hydrogen-bond donors (Lipinski definition) is 0. The maximum absolute atomic E-state index is 8.76. The molecule has 1 atom stereocenters. The molecule has 2 heteroatoms. The van der Waals surface area contributed by atoms with E-state index < -0.39 is 0 Å². The van der Waals surface area contributed by atoms with Crippen molar-refractivity contribution in [2.75, 3.05) is 0 Å². The summed E-state index contributed by atoms with van der Waals surface area (Å²) in [5.74, 6) is 0.514. The van der Waals surface area contributed by atoms with Crippen molar-refractivity contribution in [3.05, 3.63) is 28.8 Å². The van der Waals surface area contributed by atoms with Crippen LogP contribution < -0.4 is 5.30 Å². The van der Waals surface area contributed by atoms with Crippen molar-refractivity contribution in [2.24, 2.45) is 0 Å². The predicted molar refractivity (Wildman–Crippen MR) is 59.3 cm³/mol. The Balaban J connectivity index is 3.33. The van der Waals surface area contributed by atoms with E-state index in [1.54, 1.807) is 0 Å². The van der Waals surface area contributed by atoms with E-state index in [1.807, 2.05) is 12.1 Å². The van der Waals surface area contributed by atoms with Gasteiger partial charge in [-0.1, -0.05) is 13.8 Å². The molecular formula is C11H14NP. The Kier molecular flexibility index (Phi) is 3.07. The molecule has 0 aliphatic rings. The summed E-state index contributed by atoms with van der Waals surface area (Å²) >= 11 is 0. The van der Waals surface area contributed by atoms with Crippen molar-refractivity contribution in [1.82, 2.24) is 0 Å². The molecular weight excluding hydrogens is 177 g/mol. The third-order valence-corrected chi connectivity index (χ3v) is 2.60. The first-order chi connectivity index (χ1) is 6.06. The number of hydrogen-bond acceptors (Lipinski definition) is 1. The van der Waals surface area contributed by atoms with E-state index in [1.165, 1.54) is 11.1 Å². The topological polar surface area (TPSA) is 23.8 Å². The van der Waals surface area contributed by atoms with Crippen molar-refractivity contribution >= 4 is 14.5 Å². The zero-order valence-corrected chi connectivity index (χ0v) is 9.41. The normalized spacial score (nSPS) is 10.2. The van der Waals surface area contributed by atoms with Crippen molar-refractivity contribution < 1.29 is 0 Å². The fourth-order valence-corrected chi connectivity index (χ4v) is 2.42. The van der Waals surface area contributed by atoms with Gasteiger partial charge in [-0.25, -0.2) is 0 Å². The molecule has 1 unspecified atom stereocenters. The van der Waals surface area contributed by atoms with Gasteiger partial charge in [-0.3, -0.25) is 0 Å². The Labute approximate surface area is 82.0 Å². The Morgan fingerprint density at radius 1 is 1.38 bits per heavy atom. The SMILES string of the molecule is Cc1cc(C#N)cc(P)c1C(C)C. The second-order valence-electron chi connectivity index (χ2n) is 3.56. The van der Waals surface area contributed by atoms with Gasteiger partial charge in [-0.2, -0.15) is 5.26 Å². The van der Waals surface area contributed by atoms with Gasteiger partial charge in [-0.15, -0.1) is 9.24 Å². The van der Waals surface area contributed by atoms with Crippen LogP contribution in [0, 0.1) is 18.3 Å². The van der Waals surface area contributed by atoms with Crippen LogP contribution in [0.15, 0.2) is 12.1 Å². The number of aryl methyl sites for hydroxylation is 1. The van der Waals surface area contributed by atoms with Crippen molar-refractivity contribution in [2.45, 2.75) is 26.7 Å². The van der Waals surface area contributed by atoms with Crippen LogP contribution in [-0.2, 0) is 0 Å². The van der Waals surface area contributed by atoms with Gasteiger partial charge < -0.3 is 0 Å². The second-order valence-corrected chi connectivity index (χ2v) is 4.18. The quantitative estimate of drug-likeness (QED) is 0.625. The van der Waals surface area contributed by atoms with E-state index >= 15 is 0 Å². The molecule has 1 aromatic rings. The monoisotopic (exact) mass is 191 g/mol. The standard InChI is InChI=1S/C11H14NP/c1-7(2)11-8(3)4-9(6-12)5-10(11)13/h4-5,7H,13H2,1-3H3. The average molecular weight is 191 g/mol. The molecule has 1 rings (SSSR count). The van der Waals surface area contributed by atoms with Crippen LogP contribution in [0.1, 0.15) is 36.5 Å². The lowest BCUT2D eigenvalue weighted by Crippen LogP contribution is -2.07. The molecule has 1 aromatic carbocycles. The highest BCUT2D eigenvalue weighted by atomic mass is 31.0. The minimum absolute atomic E-state index is 0.514. The van der Waals surface area contributed by atoms with Crippen LogP contribution >= 0.6 is 9.24 Å². The molecule has 0 bridgehead atoms. The van der Waals surface area contributed by atoms with E-state index in [0.717, 1.165) is 10.9 Å². The molecule has 0 saturated heterocycles. The van der Waals surface area contributed by atoms with Crippen molar-refractivity contribution in [3.63, 3.8) is 0 Å². The van der Waals surface area contributed by atoms with Gasteiger partial charge in [0.2, 0.25) is 0 Å². The van der Waals surface area contributed by atoms with Crippen molar-refractivity contribution in [1.29, 1.82) is 5.26 Å². The first kappa shape index (κ1) is 10.2. The summed E-state index contributed by atoms with van der Waals surface area (Å²) in [7, 11) is 2.70. The molecule has 0 spiro atoms. The lowest BCUT2D eigenvalue weighted by molar-refractivity contribution is 0.864. The zero-order valence-electron chi connectivity index (χ0n) is 8.26. The smallest absolute Gasteiger partial charge is 0.0991 e. The highest BCUT2D eigenvalue weighted by molar-refractivity contribution is 7.27. The van der Waals surface area contributed by atoms with Crippen LogP contribution in [-0.4, -0.2) is 0 Å². The van der Waals surface area contributed by atoms with Crippen LogP contribution in [0.3, 0.4) is 0 Å². The first-order valence-electron chi connectivity index (χ1n) is 4.36. The molecule has 13 heavy (non-hydrogen) atoms. The Hall–Kier alpha value is -0.860. The summed E-state index contributed by atoms with van der Waals surface area (Å²) in [6.07, 6.45) is 0. The van der Waals surface area contributed by atoms with Gasteiger partial charge in [0, 0.05) is 0 Å². The number of benzene rings is 1. The maximum atomic E-state index is 8.76. The fraction of sp³-hybridized carbons (Fsp3) is 0.364.